The van der Waals surface area contributed by atoms with E-state index in [0.29, 0.717) is 17.5 Å². The third-order valence-electron chi connectivity index (χ3n) is 3.03. The molecule has 2 heterocycles. The molecule has 0 fully saturated rings. The van der Waals surface area contributed by atoms with Crippen molar-refractivity contribution in [2.75, 3.05) is 27.7 Å². The highest BCUT2D eigenvalue weighted by atomic mass is 127. The molecule has 9 heteroatoms. The molecular formula is C14H20ClIN6O. The van der Waals surface area contributed by atoms with Crippen LogP contribution < -0.4 is 10.6 Å². The molecule has 0 saturated heterocycles. The van der Waals surface area contributed by atoms with E-state index in [0.717, 1.165) is 11.3 Å². The summed E-state index contributed by atoms with van der Waals surface area (Å²) in [5, 5.41) is 6.73. The van der Waals surface area contributed by atoms with Gasteiger partial charge in [-0.05, 0) is 12.1 Å². The van der Waals surface area contributed by atoms with E-state index in [2.05, 4.69) is 20.6 Å². The maximum Gasteiger partial charge on any atom is 0.241 e. The minimum atomic E-state index is -0.0228. The largest absolute Gasteiger partial charge is 0.351 e. The van der Waals surface area contributed by atoms with Gasteiger partial charge in [0.05, 0.1) is 23.8 Å². The Balaban J connectivity index is 0.00000264. The standard InChI is InChI=1S/C14H19ClN6O.HI/c1-16-14(18-7-13(22)20(2)3)17-6-11-9-21-8-10(15)4-5-12(21)19-11;/h4-5,8-9H,6-7H2,1-3H3,(H2,16,17,18);1H. The summed E-state index contributed by atoms with van der Waals surface area (Å²) < 4.78 is 1.87. The maximum absolute atomic E-state index is 11.5. The molecule has 0 aromatic carbocycles. The molecule has 2 aromatic rings. The highest BCUT2D eigenvalue weighted by Crippen LogP contribution is 2.11. The van der Waals surface area contributed by atoms with Gasteiger partial charge < -0.3 is 19.9 Å². The van der Waals surface area contributed by atoms with E-state index in [-0.39, 0.29) is 36.4 Å². The molecule has 0 radical (unpaired) electrons. The van der Waals surface area contributed by atoms with Gasteiger partial charge in [0.1, 0.15) is 5.65 Å². The van der Waals surface area contributed by atoms with Crippen molar-refractivity contribution in [1.82, 2.24) is 24.9 Å². The molecule has 0 aliphatic rings. The average molecular weight is 451 g/mol. The monoisotopic (exact) mass is 450 g/mol. The molecule has 0 spiro atoms. The Labute approximate surface area is 157 Å². The van der Waals surface area contributed by atoms with Crippen molar-refractivity contribution in [1.29, 1.82) is 0 Å². The van der Waals surface area contributed by atoms with Gasteiger partial charge in [-0.15, -0.1) is 24.0 Å². The molecule has 126 valence electrons. The van der Waals surface area contributed by atoms with Crippen molar-refractivity contribution in [3.8, 4) is 0 Å². The number of pyridine rings is 1. The fourth-order valence-corrected chi connectivity index (χ4v) is 1.98. The molecule has 0 bridgehead atoms. The van der Waals surface area contributed by atoms with E-state index in [4.69, 9.17) is 11.6 Å². The number of guanidine groups is 1. The van der Waals surface area contributed by atoms with Crippen LogP contribution in [-0.2, 0) is 11.3 Å². The molecule has 2 N–H and O–H groups in total. The Morgan fingerprint density at radius 2 is 2.09 bits per heavy atom. The number of hydrogen-bond donors (Lipinski definition) is 2. The number of likely N-dealkylation sites (N-methyl/N-ethyl adjacent to an activating group) is 1. The molecular weight excluding hydrogens is 431 g/mol. The van der Waals surface area contributed by atoms with Crippen molar-refractivity contribution in [3.05, 3.63) is 35.2 Å². The lowest BCUT2D eigenvalue weighted by atomic mass is 10.4. The molecule has 0 aliphatic heterocycles. The fourth-order valence-electron chi connectivity index (χ4n) is 1.81. The Hall–Kier alpha value is -1.55. The maximum atomic E-state index is 11.5. The molecule has 2 aromatic heterocycles. The van der Waals surface area contributed by atoms with Crippen molar-refractivity contribution in [2.24, 2.45) is 4.99 Å². The van der Waals surface area contributed by atoms with E-state index in [1.807, 2.05) is 16.7 Å². The number of nitrogens with one attached hydrogen (secondary N) is 2. The minimum absolute atomic E-state index is 0. The lowest BCUT2D eigenvalue weighted by Crippen LogP contribution is -2.42. The third kappa shape index (κ3) is 5.54. The summed E-state index contributed by atoms with van der Waals surface area (Å²) in [6.07, 6.45) is 3.70. The van der Waals surface area contributed by atoms with Crippen LogP contribution in [0.25, 0.3) is 5.65 Å². The number of carbonyl (C=O) groups excluding carboxylic acids is 1. The van der Waals surface area contributed by atoms with E-state index in [1.54, 1.807) is 33.4 Å². The number of carbonyl (C=O) groups is 1. The summed E-state index contributed by atoms with van der Waals surface area (Å²) in [5.41, 5.74) is 1.68. The van der Waals surface area contributed by atoms with Crippen LogP contribution in [0.15, 0.2) is 29.5 Å². The summed E-state index contributed by atoms with van der Waals surface area (Å²) in [7, 11) is 5.07. The van der Waals surface area contributed by atoms with Crippen LogP contribution in [0.2, 0.25) is 5.02 Å². The first-order chi connectivity index (χ1) is 10.5. The summed E-state index contributed by atoms with van der Waals surface area (Å²) >= 11 is 5.95. The predicted octanol–water partition coefficient (Wildman–Crippen LogP) is 1.36. The molecule has 0 saturated carbocycles. The predicted molar refractivity (Wildman–Crippen MR) is 103 cm³/mol. The molecule has 23 heavy (non-hydrogen) atoms. The highest BCUT2D eigenvalue weighted by Gasteiger charge is 2.06. The second-order valence-electron chi connectivity index (χ2n) is 4.91. The minimum Gasteiger partial charge on any atom is -0.351 e. The lowest BCUT2D eigenvalue weighted by molar-refractivity contribution is -0.127. The smallest absolute Gasteiger partial charge is 0.241 e. The third-order valence-corrected chi connectivity index (χ3v) is 3.25. The first kappa shape index (κ1) is 19.5. The number of fused-ring (bicyclic) bond motifs is 1. The molecule has 1 amide bonds. The zero-order chi connectivity index (χ0) is 16.1. The highest BCUT2D eigenvalue weighted by molar-refractivity contribution is 14.0. The fraction of sp³-hybridized carbons (Fsp3) is 0.357. The van der Waals surface area contributed by atoms with Gasteiger partial charge in [-0.25, -0.2) is 4.98 Å². The number of rotatable bonds is 4. The van der Waals surface area contributed by atoms with Gasteiger partial charge in [-0.1, -0.05) is 11.6 Å². The summed E-state index contributed by atoms with van der Waals surface area (Å²) in [6, 6.07) is 3.66. The summed E-state index contributed by atoms with van der Waals surface area (Å²) in [5.74, 6) is 0.524. The van der Waals surface area contributed by atoms with Crippen molar-refractivity contribution in [2.45, 2.75) is 6.54 Å². The number of halogens is 2. The zero-order valence-corrected chi connectivity index (χ0v) is 16.3. The lowest BCUT2D eigenvalue weighted by Gasteiger charge is -2.13. The quantitative estimate of drug-likeness (QED) is 0.419. The zero-order valence-electron chi connectivity index (χ0n) is 13.2. The van der Waals surface area contributed by atoms with Gasteiger partial charge in [0.25, 0.3) is 0 Å². The van der Waals surface area contributed by atoms with Crippen LogP contribution in [0.3, 0.4) is 0 Å². The first-order valence-electron chi connectivity index (χ1n) is 6.77. The Kier molecular flexibility index (Phi) is 7.56. The van der Waals surface area contributed by atoms with Gasteiger partial charge in [-0.2, -0.15) is 0 Å². The van der Waals surface area contributed by atoms with Crippen LogP contribution in [0.1, 0.15) is 5.69 Å². The second-order valence-corrected chi connectivity index (χ2v) is 5.35. The van der Waals surface area contributed by atoms with Gasteiger partial charge in [-0.3, -0.25) is 9.79 Å². The van der Waals surface area contributed by atoms with Crippen LogP contribution >= 0.6 is 35.6 Å². The van der Waals surface area contributed by atoms with Gasteiger partial charge in [0.15, 0.2) is 5.96 Å². The number of nitrogens with zero attached hydrogens (tertiary/aromatic N) is 4. The summed E-state index contributed by atoms with van der Waals surface area (Å²) in [6.45, 7) is 0.683. The number of aromatic nitrogens is 2. The van der Waals surface area contributed by atoms with E-state index in [1.165, 1.54) is 4.90 Å². The molecule has 0 aliphatic carbocycles. The van der Waals surface area contributed by atoms with E-state index in [9.17, 15) is 4.79 Å². The molecule has 0 atom stereocenters. The van der Waals surface area contributed by atoms with Crippen LogP contribution in [0.5, 0.6) is 0 Å². The van der Waals surface area contributed by atoms with Gasteiger partial charge in [0.2, 0.25) is 5.91 Å². The summed E-state index contributed by atoms with van der Waals surface area (Å²) in [4.78, 5) is 21.6. The van der Waals surface area contributed by atoms with Crippen molar-refractivity contribution >= 4 is 53.1 Å². The SMILES string of the molecule is CN=C(NCC(=O)N(C)C)NCc1cn2cc(Cl)ccc2n1.I. The van der Waals surface area contributed by atoms with E-state index >= 15 is 0 Å². The molecule has 0 unspecified atom stereocenters. The number of hydrogen-bond acceptors (Lipinski definition) is 3. The Bertz CT molecular complexity index is 700. The van der Waals surface area contributed by atoms with Gasteiger partial charge in [0, 0.05) is 33.5 Å². The second kappa shape index (κ2) is 8.92. The average Bonchev–Trinajstić information content (AvgIpc) is 2.88. The number of amides is 1. The molecule has 7 nitrogen and oxygen atoms in total. The first-order valence-corrected chi connectivity index (χ1v) is 7.15. The Morgan fingerprint density at radius 3 is 2.74 bits per heavy atom. The van der Waals surface area contributed by atoms with Crippen LogP contribution in [0.4, 0.5) is 0 Å². The normalized spacial score (nSPS) is 11.0. The van der Waals surface area contributed by atoms with Crippen LogP contribution in [0, 0.1) is 0 Å². The topological polar surface area (TPSA) is 74.0 Å². The van der Waals surface area contributed by atoms with Crippen molar-refractivity contribution in [3.63, 3.8) is 0 Å². The molecule has 2 rings (SSSR count). The number of imidazole rings is 1. The number of aliphatic imine (C=N–C) groups is 1. The van der Waals surface area contributed by atoms with Gasteiger partial charge >= 0.3 is 0 Å². The Morgan fingerprint density at radius 1 is 1.35 bits per heavy atom. The van der Waals surface area contributed by atoms with Crippen molar-refractivity contribution < 1.29 is 4.79 Å². The van der Waals surface area contributed by atoms with E-state index < -0.39 is 0 Å². The van der Waals surface area contributed by atoms with Crippen LogP contribution in [-0.4, -0.2) is 53.8 Å².